The zero-order valence-electron chi connectivity index (χ0n) is 14.9. The predicted molar refractivity (Wildman–Crippen MR) is 108 cm³/mol. The Morgan fingerprint density at radius 2 is 2.04 bits per heavy atom. The van der Waals surface area contributed by atoms with Gasteiger partial charge in [-0.15, -0.1) is 10.2 Å². The van der Waals surface area contributed by atoms with E-state index in [0.29, 0.717) is 12.4 Å². The fourth-order valence-electron chi connectivity index (χ4n) is 2.76. The number of H-pyrrole nitrogens is 1. The highest BCUT2D eigenvalue weighted by atomic mass is 32.2. The normalized spacial score (nSPS) is 11.6. The van der Waals surface area contributed by atoms with Gasteiger partial charge in [-0.2, -0.15) is 5.21 Å². The van der Waals surface area contributed by atoms with Gasteiger partial charge in [0, 0.05) is 42.5 Å². The molecule has 0 spiro atoms. The van der Waals surface area contributed by atoms with Crippen molar-refractivity contribution in [1.82, 2.24) is 31.3 Å². The number of tetrazole rings is 1. The number of rotatable bonds is 8. The highest BCUT2D eigenvalue weighted by Crippen LogP contribution is 2.36. The molecular formula is C18H22N8S. The van der Waals surface area contributed by atoms with E-state index in [9.17, 15) is 0 Å². The molecule has 0 atom stereocenters. The average Bonchev–Trinajstić information content (AvgIpc) is 3.22. The van der Waals surface area contributed by atoms with E-state index in [1.54, 1.807) is 6.20 Å². The van der Waals surface area contributed by atoms with Crippen LogP contribution in [-0.2, 0) is 6.54 Å². The molecule has 0 saturated heterocycles. The van der Waals surface area contributed by atoms with Crippen molar-refractivity contribution in [3.63, 3.8) is 0 Å². The van der Waals surface area contributed by atoms with E-state index in [2.05, 4.69) is 55.5 Å². The second kappa shape index (κ2) is 9.17. The lowest BCUT2D eigenvalue weighted by atomic mass is 9.98. The molecule has 0 unspecified atom stereocenters. The van der Waals surface area contributed by atoms with Crippen LogP contribution in [0.2, 0.25) is 0 Å². The van der Waals surface area contributed by atoms with Crippen LogP contribution in [0.25, 0.3) is 22.5 Å². The standard InChI is InChI=1S/C18H22N8S/c1-21-10-14(19)11-22-9-12-5-7-13(8-6-12)15-3-2-4-16(27-20)17(15)18-23-25-26-24-18/h2-8,10,21-22H,9,11,19-20H2,1H3,(H,23,24,25,26)/b14-10-. The van der Waals surface area contributed by atoms with Crippen LogP contribution in [0.5, 0.6) is 0 Å². The van der Waals surface area contributed by atoms with Gasteiger partial charge >= 0.3 is 0 Å². The maximum atomic E-state index is 5.84. The number of aromatic amines is 1. The molecule has 2 aromatic carbocycles. The van der Waals surface area contributed by atoms with Gasteiger partial charge < -0.3 is 16.4 Å². The number of aromatic nitrogens is 4. The number of nitrogens with one attached hydrogen (secondary N) is 3. The Balaban J connectivity index is 1.81. The van der Waals surface area contributed by atoms with Crippen LogP contribution < -0.4 is 21.5 Å². The van der Waals surface area contributed by atoms with Gasteiger partial charge in [0.2, 0.25) is 5.82 Å². The van der Waals surface area contributed by atoms with Crippen molar-refractivity contribution in [2.24, 2.45) is 10.9 Å². The molecule has 3 rings (SSSR count). The molecule has 1 heterocycles. The summed E-state index contributed by atoms with van der Waals surface area (Å²) in [5, 5.41) is 26.5. The smallest absolute Gasteiger partial charge is 0.206 e. The van der Waals surface area contributed by atoms with Crippen molar-refractivity contribution in [3.05, 3.63) is 59.9 Å². The monoisotopic (exact) mass is 382 g/mol. The number of nitrogens with zero attached hydrogens (tertiary/aromatic N) is 3. The third-order valence-corrected chi connectivity index (χ3v) is 4.57. The van der Waals surface area contributed by atoms with Gasteiger partial charge in [0.05, 0.1) is 0 Å². The summed E-state index contributed by atoms with van der Waals surface area (Å²) in [4.78, 5) is 0.895. The Hall–Kier alpha value is -2.88. The van der Waals surface area contributed by atoms with Crippen LogP contribution >= 0.6 is 11.9 Å². The van der Waals surface area contributed by atoms with Gasteiger partial charge in [-0.1, -0.05) is 36.4 Å². The van der Waals surface area contributed by atoms with Gasteiger partial charge in [0.25, 0.3) is 0 Å². The molecule has 9 heteroatoms. The molecular weight excluding hydrogens is 360 g/mol. The first-order valence-corrected chi connectivity index (χ1v) is 9.26. The Bertz CT molecular complexity index is 890. The third-order valence-electron chi connectivity index (χ3n) is 3.98. The fraction of sp³-hybridized carbons (Fsp3) is 0.167. The molecule has 0 amide bonds. The van der Waals surface area contributed by atoms with Crippen LogP contribution in [0, 0.1) is 0 Å². The van der Waals surface area contributed by atoms with E-state index in [1.165, 1.54) is 17.5 Å². The molecule has 0 aliphatic heterocycles. The van der Waals surface area contributed by atoms with Gasteiger partial charge in [-0.3, -0.25) is 5.14 Å². The molecule has 0 saturated carbocycles. The summed E-state index contributed by atoms with van der Waals surface area (Å²) < 4.78 is 0. The molecule has 0 aliphatic rings. The second-order valence-electron chi connectivity index (χ2n) is 5.84. The highest BCUT2D eigenvalue weighted by Gasteiger charge is 2.15. The largest absolute Gasteiger partial charge is 0.400 e. The summed E-state index contributed by atoms with van der Waals surface area (Å²) in [6.07, 6.45) is 1.78. The molecule has 0 fully saturated rings. The van der Waals surface area contributed by atoms with Crippen molar-refractivity contribution >= 4 is 11.9 Å². The SMILES string of the molecule is CN/C=C(\N)CNCc1ccc(-c2cccc(SN)c2-c2nn[nH]n2)cc1. The fourth-order valence-corrected chi connectivity index (χ4v) is 3.23. The Labute approximate surface area is 161 Å². The first-order valence-electron chi connectivity index (χ1n) is 8.38. The number of benzene rings is 2. The lowest BCUT2D eigenvalue weighted by molar-refractivity contribution is 0.731. The average molecular weight is 382 g/mol. The zero-order chi connectivity index (χ0) is 19.1. The molecule has 140 valence electrons. The maximum absolute atomic E-state index is 5.84. The summed E-state index contributed by atoms with van der Waals surface area (Å²) in [7, 11) is 1.83. The minimum absolute atomic E-state index is 0.524. The van der Waals surface area contributed by atoms with Crippen molar-refractivity contribution < 1.29 is 0 Å². The van der Waals surface area contributed by atoms with E-state index < -0.39 is 0 Å². The topological polar surface area (TPSA) is 131 Å². The van der Waals surface area contributed by atoms with Crippen molar-refractivity contribution in [2.75, 3.05) is 13.6 Å². The minimum Gasteiger partial charge on any atom is -0.400 e. The van der Waals surface area contributed by atoms with E-state index in [1.807, 2.05) is 25.2 Å². The first kappa shape index (κ1) is 18.9. The Morgan fingerprint density at radius 3 is 2.70 bits per heavy atom. The lowest BCUT2D eigenvalue weighted by Gasteiger charge is -2.12. The summed E-state index contributed by atoms with van der Waals surface area (Å²) >= 11 is 1.17. The lowest BCUT2D eigenvalue weighted by Crippen LogP contribution is -2.21. The van der Waals surface area contributed by atoms with Crippen molar-refractivity contribution in [3.8, 4) is 22.5 Å². The third kappa shape index (κ3) is 4.64. The molecule has 8 nitrogen and oxygen atoms in total. The molecule has 27 heavy (non-hydrogen) atoms. The van der Waals surface area contributed by atoms with Crippen LogP contribution in [0.4, 0.5) is 0 Å². The quantitative estimate of drug-likeness (QED) is 0.371. The molecule has 3 aromatic rings. The number of nitrogens with two attached hydrogens (primary N) is 2. The maximum Gasteiger partial charge on any atom is 0.206 e. The van der Waals surface area contributed by atoms with Gasteiger partial charge in [-0.25, -0.2) is 0 Å². The van der Waals surface area contributed by atoms with Crippen molar-refractivity contribution in [1.29, 1.82) is 0 Å². The summed E-state index contributed by atoms with van der Waals surface area (Å²) in [6.45, 7) is 1.36. The molecule has 0 radical (unpaired) electrons. The zero-order valence-corrected chi connectivity index (χ0v) is 15.8. The number of hydrogen-bond donors (Lipinski definition) is 5. The minimum atomic E-state index is 0.524. The Morgan fingerprint density at radius 1 is 1.22 bits per heavy atom. The van der Waals surface area contributed by atoms with Crippen molar-refractivity contribution in [2.45, 2.75) is 11.4 Å². The molecule has 0 bridgehead atoms. The Kier molecular flexibility index (Phi) is 6.42. The van der Waals surface area contributed by atoms with Gasteiger partial charge in [-0.05, 0) is 39.9 Å². The van der Waals surface area contributed by atoms with Crippen LogP contribution in [0.1, 0.15) is 5.56 Å². The van der Waals surface area contributed by atoms with Crippen LogP contribution in [0.3, 0.4) is 0 Å². The van der Waals surface area contributed by atoms with E-state index >= 15 is 0 Å². The summed E-state index contributed by atoms with van der Waals surface area (Å²) in [5.41, 5.74) is 10.7. The van der Waals surface area contributed by atoms with E-state index in [-0.39, 0.29) is 0 Å². The molecule has 0 aliphatic carbocycles. The second-order valence-corrected chi connectivity index (χ2v) is 6.52. The number of hydrogen-bond acceptors (Lipinski definition) is 8. The first-order chi connectivity index (χ1) is 13.2. The summed E-state index contributed by atoms with van der Waals surface area (Å²) in [6, 6.07) is 14.3. The van der Waals surface area contributed by atoms with E-state index in [0.717, 1.165) is 33.8 Å². The summed E-state index contributed by atoms with van der Waals surface area (Å²) in [5.74, 6) is 0.524. The van der Waals surface area contributed by atoms with Gasteiger partial charge in [0.1, 0.15) is 0 Å². The van der Waals surface area contributed by atoms with Crippen LogP contribution in [-0.4, -0.2) is 34.2 Å². The molecule has 1 aromatic heterocycles. The van der Waals surface area contributed by atoms with Crippen LogP contribution in [0.15, 0.2) is 59.3 Å². The van der Waals surface area contributed by atoms with Gasteiger partial charge in [0.15, 0.2) is 0 Å². The predicted octanol–water partition coefficient (Wildman–Crippen LogP) is 1.61. The highest BCUT2D eigenvalue weighted by molar-refractivity contribution is 7.97. The van der Waals surface area contributed by atoms with E-state index in [4.69, 9.17) is 10.9 Å². The molecule has 7 N–H and O–H groups in total.